The lowest BCUT2D eigenvalue weighted by atomic mass is 9.99. The number of hydrogen-bond acceptors (Lipinski definition) is 3. The Kier molecular flexibility index (Phi) is 4.33. The van der Waals surface area contributed by atoms with Gasteiger partial charge in [0.1, 0.15) is 0 Å². The number of imidazole rings is 1. The summed E-state index contributed by atoms with van der Waals surface area (Å²) in [6.45, 7) is 4.10. The largest absolute Gasteiger partial charge is 0.385 e. The maximum Gasteiger partial charge on any atom is 0.0945 e. The van der Waals surface area contributed by atoms with Crippen molar-refractivity contribution >= 4 is 5.69 Å². The Morgan fingerprint density at radius 3 is 3.25 bits per heavy atom. The highest BCUT2D eigenvalue weighted by Crippen LogP contribution is 2.25. The molecule has 0 unspecified atom stereocenters. The molecule has 1 aliphatic rings. The molecule has 2 aromatic rings. The van der Waals surface area contributed by atoms with Crippen molar-refractivity contribution in [3.63, 3.8) is 0 Å². The van der Waals surface area contributed by atoms with Gasteiger partial charge in [-0.1, -0.05) is 18.2 Å². The SMILES string of the molecule is c1cc2c(c(CNCCCn3ccnc3)c1)NCCC2. The summed E-state index contributed by atoms with van der Waals surface area (Å²) in [5, 5.41) is 7.08. The monoisotopic (exact) mass is 270 g/mol. The van der Waals surface area contributed by atoms with Gasteiger partial charge in [0.2, 0.25) is 0 Å². The second-order valence-electron chi connectivity index (χ2n) is 5.31. The molecule has 0 aliphatic carbocycles. The van der Waals surface area contributed by atoms with Gasteiger partial charge >= 0.3 is 0 Å². The molecule has 0 saturated carbocycles. The zero-order chi connectivity index (χ0) is 13.6. The van der Waals surface area contributed by atoms with E-state index in [0.717, 1.165) is 32.6 Å². The minimum Gasteiger partial charge on any atom is -0.385 e. The van der Waals surface area contributed by atoms with Gasteiger partial charge in [0.15, 0.2) is 0 Å². The van der Waals surface area contributed by atoms with Crippen molar-refractivity contribution in [2.75, 3.05) is 18.4 Å². The lowest BCUT2D eigenvalue weighted by Crippen LogP contribution is -2.19. The number of hydrogen-bond donors (Lipinski definition) is 2. The molecule has 0 fully saturated rings. The summed E-state index contributed by atoms with van der Waals surface area (Å²) in [5.74, 6) is 0. The number of aryl methyl sites for hydroxylation is 2. The topological polar surface area (TPSA) is 41.9 Å². The van der Waals surface area contributed by atoms with Gasteiger partial charge in [-0.25, -0.2) is 4.98 Å². The second-order valence-corrected chi connectivity index (χ2v) is 5.31. The molecule has 0 saturated heterocycles. The molecule has 2 heterocycles. The molecule has 0 bridgehead atoms. The van der Waals surface area contributed by atoms with Crippen molar-refractivity contribution in [1.29, 1.82) is 0 Å². The normalized spacial score (nSPS) is 13.8. The molecule has 0 amide bonds. The maximum absolute atomic E-state index is 4.05. The molecule has 1 aromatic carbocycles. The Balaban J connectivity index is 1.46. The van der Waals surface area contributed by atoms with Crippen LogP contribution in [-0.2, 0) is 19.5 Å². The lowest BCUT2D eigenvalue weighted by Gasteiger charge is -2.21. The number of nitrogens with one attached hydrogen (secondary N) is 2. The summed E-state index contributed by atoms with van der Waals surface area (Å²) in [4.78, 5) is 4.05. The van der Waals surface area contributed by atoms with E-state index in [1.165, 1.54) is 29.7 Å². The Bertz CT molecular complexity index is 533. The molecule has 1 aliphatic heterocycles. The van der Waals surface area contributed by atoms with Gasteiger partial charge in [0.05, 0.1) is 6.33 Å². The number of para-hydroxylation sites is 1. The number of rotatable bonds is 6. The van der Waals surface area contributed by atoms with E-state index in [4.69, 9.17) is 0 Å². The van der Waals surface area contributed by atoms with Gasteiger partial charge in [0, 0.05) is 37.7 Å². The van der Waals surface area contributed by atoms with E-state index in [-0.39, 0.29) is 0 Å². The molecule has 20 heavy (non-hydrogen) atoms. The first-order valence-corrected chi connectivity index (χ1v) is 7.44. The molecular weight excluding hydrogens is 248 g/mol. The van der Waals surface area contributed by atoms with Crippen molar-refractivity contribution in [3.8, 4) is 0 Å². The molecule has 0 spiro atoms. The molecular formula is C16H22N4. The molecule has 1 aromatic heterocycles. The molecule has 106 valence electrons. The molecule has 0 atom stereocenters. The van der Waals surface area contributed by atoms with Gasteiger partial charge in [-0.3, -0.25) is 0 Å². The van der Waals surface area contributed by atoms with Crippen LogP contribution in [0.3, 0.4) is 0 Å². The van der Waals surface area contributed by atoms with E-state index in [1.807, 2.05) is 18.7 Å². The summed E-state index contributed by atoms with van der Waals surface area (Å²) < 4.78 is 2.12. The van der Waals surface area contributed by atoms with Crippen molar-refractivity contribution in [2.45, 2.75) is 32.4 Å². The molecule has 3 rings (SSSR count). The highest BCUT2D eigenvalue weighted by Gasteiger charge is 2.11. The van der Waals surface area contributed by atoms with E-state index < -0.39 is 0 Å². The van der Waals surface area contributed by atoms with Gasteiger partial charge in [-0.2, -0.15) is 0 Å². The third-order valence-electron chi connectivity index (χ3n) is 3.81. The average Bonchev–Trinajstić information content (AvgIpc) is 3.00. The number of benzene rings is 1. The van der Waals surface area contributed by atoms with Crippen LogP contribution in [0.4, 0.5) is 5.69 Å². The van der Waals surface area contributed by atoms with Crippen LogP contribution in [0, 0.1) is 0 Å². The Morgan fingerprint density at radius 1 is 1.35 bits per heavy atom. The summed E-state index contributed by atoms with van der Waals surface area (Å²) in [6, 6.07) is 6.64. The van der Waals surface area contributed by atoms with Crippen molar-refractivity contribution in [3.05, 3.63) is 48.0 Å². The lowest BCUT2D eigenvalue weighted by molar-refractivity contribution is 0.580. The first-order valence-electron chi connectivity index (χ1n) is 7.44. The fourth-order valence-electron chi connectivity index (χ4n) is 2.76. The van der Waals surface area contributed by atoms with Crippen LogP contribution in [-0.4, -0.2) is 22.6 Å². The zero-order valence-corrected chi connectivity index (χ0v) is 11.8. The number of anilines is 1. The van der Waals surface area contributed by atoms with Crippen LogP contribution in [0.2, 0.25) is 0 Å². The third-order valence-corrected chi connectivity index (χ3v) is 3.81. The minimum atomic E-state index is 0.945. The molecule has 4 heteroatoms. The minimum absolute atomic E-state index is 0.945. The highest BCUT2D eigenvalue weighted by atomic mass is 15.0. The van der Waals surface area contributed by atoms with Gasteiger partial charge in [-0.15, -0.1) is 0 Å². The summed E-state index contributed by atoms with van der Waals surface area (Å²) >= 11 is 0. The maximum atomic E-state index is 4.05. The van der Waals surface area contributed by atoms with Crippen LogP contribution < -0.4 is 10.6 Å². The van der Waals surface area contributed by atoms with Gasteiger partial charge in [0.25, 0.3) is 0 Å². The third kappa shape index (κ3) is 3.20. The molecule has 2 N–H and O–H groups in total. The highest BCUT2D eigenvalue weighted by molar-refractivity contribution is 5.59. The van der Waals surface area contributed by atoms with Crippen LogP contribution in [0.1, 0.15) is 24.0 Å². The van der Waals surface area contributed by atoms with E-state index >= 15 is 0 Å². The predicted octanol–water partition coefficient (Wildman–Crippen LogP) is 2.42. The van der Waals surface area contributed by atoms with E-state index in [2.05, 4.69) is 38.4 Å². The van der Waals surface area contributed by atoms with Gasteiger partial charge in [-0.05, 0) is 36.9 Å². The van der Waals surface area contributed by atoms with Crippen LogP contribution >= 0.6 is 0 Å². The quantitative estimate of drug-likeness (QED) is 0.792. The second kappa shape index (κ2) is 6.57. The number of fused-ring (bicyclic) bond motifs is 1. The summed E-state index contributed by atoms with van der Waals surface area (Å²) in [5.41, 5.74) is 4.22. The van der Waals surface area contributed by atoms with Crippen molar-refractivity contribution < 1.29 is 0 Å². The zero-order valence-electron chi connectivity index (χ0n) is 11.8. The van der Waals surface area contributed by atoms with Gasteiger partial charge < -0.3 is 15.2 Å². The van der Waals surface area contributed by atoms with E-state index in [9.17, 15) is 0 Å². The fourth-order valence-corrected chi connectivity index (χ4v) is 2.76. The smallest absolute Gasteiger partial charge is 0.0945 e. The first-order chi connectivity index (χ1) is 9.93. The Hall–Kier alpha value is -1.81. The number of nitrogens with zero attached hydrogens (tertiary/aromatic N) is 2. The summed E-state index contributed by atoms with van der Waals surface area (Å²) in [6.07, 6.45) is 9.29. The van der Waals surface area contributed by atoms with E-state index in [1.54, 1.807) is 0 Å². The van der Waals surface area contributed by atoms with E-state index in [0.29, 0.717) is 0 Å². The Morgan fingerprint density at radius 2 is 2.35 bits per heavy atom. The average molecular weight is 270 g/mol. The molecule has 0 radical (unpaired) electrons. The number of aromatic nitrogens is 2. The standard InChI is InChI=1S/C16H22N4/c1-4-14-6-2-8-19-16(14)15(5-1)12-17-7-3-10-20-11-9-18-13-20/h1,4-5,9,11,13,17,19H,2-3,6-8,10,12H2. The van der Waals surface area contributed by atoms with Crippen molar-refractivity contribution in [2.24, 2.45) is 0 Å². The van der Waals surface area contributed by atoms with Crippen LogP contribution in [0.5, 0.6) is 0 Å². The van der Waals surface area contributed by atoms with Crippen molar-refractivity contribution in [1.82, 2.24) is 14.9 Å². The van der Waals surface area contributed by atoms with Crippen LogP contribution in [0.15, 0.2) is 36.9 Å². The first kappa shape index (κ1) is 13.2. The summed E-state index contributed by atoms with van der Waals surface area (Å²) in [7, 11) is 0. The predicted molar refractivity (Wildman–Crippen MR) is 81.8 cm³/mol. The Labute approximate surface area is 120 Å². The molecule has 4 nitrogen and oxygen atoms in total. The van der Waals surface area contributed by atoms with Crippen LogP contribution in [0.25, 0.3) is 0 Å². The fraction of sp³-hybridized carbons (Fsp3) is 0.438.